The molecule has 0 amide bonds. The van der Waals surface area contributed by atoms with Crippen molar-refractivity contribution < 1.29 is 0 Å². The van der Waals surface area contributed by atoms with Crippen LogP contribution >= 0.6 is 0 Å². The van der Waals surface area contributed by atoms with E-state index in [1.807, 2.05) is 0 Å². The normalized spacial score (nSPS) is 32.4. The van der Waals surface area contributed by atoms with E-state index in [-0.39, 0.29) is 0 Å². The lowest BCUT2D eigenvalue weighted by atomic mass is 9.98. The zero-order valence-electron chi connectivity index (χ0n) is 8.22. The molecular formula is C10H20Si. The summed E-state index contributed by atoms with van der Waals surface area (Å²) < 4.78 is 0. The fourth-order valence-corrected chi connectivity index (χ4v) is 3.40. The van der Waals surface area contributed by atoms with Crippen LogP contribution in [0, 0.1) is 5.92 Å². The van der Waals surface area contributed by atoms with Crippen molar-refractivity contribution in [1.29, 1.82) is 0 Å². The molecular weight excluding hydrogens is 148 g/mol. The zero-order chi connectivity index (χ0) is 8.48. The van der Waals surface area contributed by atoms with E-state index in [2.05, 4.69) is 38.7 Å². The highest BCUT2D eigenvalue weighted by molar-refractivity contribution is 6.78. The van der Waals surface area contributed by atoms with Gasteiger partial charge in [-0.3, -0.25) is 0 Å². The van der Waals surface area contributed by atoms with Gasteiger partial charge in [0.2, 0.25) is 0 Å². The summed E-state index contributed by atoms with van der Waals surface area (Å²) in [5.74, 6) is 0.836. The second-order valence-electron chi connectivity index (χ2n) is 4.91. The second-order valence-corrected chi connectivity index (χ2v) is 10.4. The van der Waals surface area contributed by atoms with Crippen molar-refractivity contribution >= 4 is 8.07 Å². The lowest BCUT2D eigenvalue weighted by Crippen LogP contribution is -2.28. The Bertz CT molecular complexity index is 153. The molecule has 0 spiro atoms. The van der Waals surface area contributed by atoms with E-state index in [1.165, 1.54) is 12.8 Å². The first-order valence-electron chi connectivity index (χ1n) is 4.68. The van der Waals surface area contributed by atoms with Gasteiger partial charge in [-0.1, -0.05) is 38.7 Å². The quantitative estimate of drug-likeness (QED) is 0.414. The van der Waals surface area contributed by atoms with Gasteiger partial charge in [-0.15, -0.1) is 0 Å². The Morgan fingerprint density at radius 2 is 1.73 bits per heavy atom. The van der Waals surface area contributed by atoms with Crippen LogP contribution in [0.1, 0.15) is 19.8 Å². The minimum Gasteiger partial charge on any atom is -0.0878 e. The molecule has 0 radical (unpaired) electrons. The standard InChI is InChI=1S/C10H20Si/c1-9-5-7-10(8-6-9)11(2,3)4/h5,7,9-10H,6,8H2,1-4H3/t9-,10+/m0/s1. The summed E-state index contributed by atoms with van der Waals surface area (Å²) in [6.45, 7) is 9.73. The van der Waals surface area contributed by atoms with Crippen LogP contribution in [-0.2, 0) is 0 Å². The molecule has 0 fully saturated rings. The van der Waals surface area contributed by atoms with Gasteiger partial charge in [0.15, 0.2) is 0 Å². The monoisotopic (exact) mass is 168 g/mol. The molecule has 0 bridgehead atoms. The summed E-state index contributed by atoms with van der Waals surface area (Å²) in [6, 6.07) is 0. The van der Waals surface area contributed by atoms with Crippen LogP contribution in [0.3, 0.4) is 0 Å². The van der Waals surface area contributed by atoms with Crippen LogP contribution in [0.4, 0.5) is 0 Å². The van der Waals surface area contributed by atoms with Gasteiger partial charge in [0.05, 0.1) is 8.07 Å². The van der Waals surface area contributed by atoms with E-state index in [9.17, 15) is 0 Å². The number of allylic oxidation sites excluding steroid dienone is 2. The predicted molar refractivity (Wildman–Crippen MR) is 54.6 cm³/mol. The van der Waals surface area contributed by atoms with E-state index in [0.717, 1.165) is 11.5 Å². The van der Waals surface area contributed by atoms with E-state index in [1.54, 1.807) is 0 Å². The van der Waals surface area contributed by atoms with Gasteiger partial charge in [0, 0.05) is 0 Å². The zero-order valence-corrected chi connectivity index (χ0v) is 9.22. The minimum absolute atomic E-state index is 0.836. The Morgan fingerprint density at radius 3 is 2.09 bits per heavy atom. The van der Waals surface area contributed by atoms with Gasteiger partial charge in [-0.25, -0.2) is 0 Å². The van der Waals surface area contributed by atoms with Crippen LogP contribution in [0.15, 0.2) is 12.2 Å². The molecule has 0 heterocycles. The smallest absolute Gasteiger partial charge is 0.0513 e. The van der Waals surface area contributed by atoms with Crippen molar-refractivity contribution in [1.82, 2.24) is 0 Å². The van der Waals surface area contributed by atoms with E-state index in [0.29, 0.717) is 0 Å². The molecule has 0 aliphatic heterocycles. The maximum absolute atomic E-state index is 2.47. The molecule has 0 N–H and O–H groups in total. The Kier molecular flexibility index (Phi) is 2.58. The first-order chi connectivity index (χ1) is 5.00. The average molecular weight is 168 g/mol. The van der Waals surface area contributed by atoms with Crippen LogP contribution < -0.4 is 0 Å². The molecule has 1 rings (SSSR count). The molecule has 0 nitrogen and oxygen atoms in total. The summed E-state index contributed by atoms with van der Waals surface area (Å²) in [5, 5.41) is 0. The third-order valence-corrected chi connectivity index (χ3v) is 5.42. The SMILES string of the molecule is C[C@H]1C=C[C@@H]([Si](C)(C)C)CC1. The molecule has 0 aromatic heterocycles. The molecule has 0 aromatic rings. The maximum Gasteiger partial charge on any atom is 0.0513 e. The van der Waals surface area contributed by atoms with E-state index >= 15 is 0 Å². The third-order valence-electron chi connectivity index (χ3n) is 2.72. The highest BCUT2D eigenvalue weighted by Gasteiger charge is 2.26. The summed E-state index contributed by atoms with van der Waals surface area (Å²) >= 11 is 0. The molecule has 1 heteroatoms. The van der Waals surface area contributed by atoms with Crippen molar-refractivity contribution in [3.05, 3.63) is 12.2 Å². The topological polar surface area (TPSA) is 0 Å². The van der Waals surface area contributed by atoms with E-state index in [4.69, 9.17) is 0 Å². The Labute approximate surface area is 71.7 Å². The highest BCUT2D eigenvalue weighted by Crippen LogP contribution is 2.33. The van der Waals surface area contributed by atoms with E-state index < -0.39 is 8.07 Å². The Balaban J connectivity index is 2.57. The fraction of sp³-hybridized carbons (Fsp3) is 0.800. The number of rotatable bonds is 1. The molecule has 0 saturated carbocycles. The molecule has 64 valence electrons. The van der Waals surface area contributed by atoms with Gasteiger partial charge < -0.3 is 0 Å². The highest BCUT2D eigenvalue weighted by atomic mass is 28.3. The van der Waals surface area contributed by atoms with Gasteiger partial charge >= 0.3 is 0 Å². The van der Waals surface area contributed by atoms with Crippen molar-refractivity contribution in [2.24, 2.45) is 5.92 Å². The van der Waals surface area contributed by atoms with Crippen molar-refractivity contribution in [2.75, 3.05) is 0 Å². The van der Waals surface area contributed by atoms with Gasteiger partial charge in [0.1, 0.15) is 0 Å². The first-order valence-corrected chi connectivity index (χ1v) is 8.26. The molecule has 0 aromatic carbocycles. The molecule has 1 aliphatic rings. The van der Waals surface area contributed by atoms with Gasteiger partial charge in [0.25, 0.3) is 0 Å². The average Bonchev–Trinajstić information content (AvgIpc) is 1.86. The molecule has 11 heavy (non-hydrogen) atoms. The summed E-state index contributed by atoms with van der Waals surface area (Å²) in [4.78, 5) is 0. The Morgan fingerprint density at radius 1 is 1.09 bits per heavy atom. The molecule has 1 aliphatic carbocycles. The molecule has 0 unspecified atom stereocenters. The molecule has 0 saturated heterocycles. The van der Waals surface area contributed by atoms with Crippen molar-refractivity contribution in [3.63, 3.8) is 0 Å². The molecule has 2 atom stereocenters. The Hall–Kier alpha value is -0.0431. The predicted octanol–water partition coefficient (Wildman–Crippen LogP) is 3.68. The lowest BCUT2D eigenvalue weighted by molar-refractivity contribution is 0.577. The van der Waals surface area contributed by atoms with Crippen molar-refractivity contribution in [2.45, 2.75) is 44.9 Å². The summed E-state index contributed by atoms with van der Waals surface area (Å²) in [7, 11) is -0.873. The summed E-state index contributed by atoms with van der Waals surface area (Å²) in [5.41, 5.74) is 0.943. The van der Waals surface area contributed by atoms with Crippen LogP contribution in [0.5, 0.6) is 0 Å². The maximum atomic E-state index is 2.47. The van der Waals surface area contributed by atoms with Crippen LogP contribution in [0.25, 0.3) is 0 Å². The van der Waals surface area contributed by atoms with Crippen molar-refractivity contribution in [3.8, 4) is 0 Å². The third kappa shape index (κ3) is 2.48. The second kappa shape index (κ2) is 3.14. The van der Waals surface area contributed by atoms with Gasteiger partial charge in [-0.2, -0.15) is 0 Å². The number of hydrogen-bond donors (Lipinski definition) is 0. The summed E-state index contributed by atoms with van der Waals surface area (Å²) in [6.07, 6.45) is 7.73. The lowest BCUT2D eigenvalue weighted by Gasteiger charge is -2.30. The van der Waals surface area contributed by atoms with Gasteiger partial charge in [-0.05, 0) is 24.3 Å². The first kappa shape index (κ1) is 9.05. The van der Waals surface area contributed by atoms with Crippen LogP contribution in [0.2, 0.25) is 25.2 Å². The largest absolute Gasteiger partial charge is 0.0878 e. The fourth-order valence-electron chi connectivity index (χ4n) is 1.68. The number of hydrogen-bond acceptors (Lipinski definition) is 0. The van der Waals surface area contributed by atoms with Crippen LogP contribution in [-0.4, -0.2) is 8.07 Å². The minimum atomic E-state index is -0.873.